The van der Waals surface area contributed by atoms with Crippen molar-refractivity contribution in [3.05, 3.63) is 79.3 Å². The summed E-state index contributed by atoms with van der Waals surface area (Å²) in [6.45, 7) is 2.52. The van der Waals surface area contributed by atoms with Crippen molar-refractivity contribution >= 4 is 39.3 Å². The summed E-state index contributed by atoms with van der Waals surface area (Å²) in [6, 6.07) is 15.5. The number of nitrogens with one attached hydrogen (secondary N) is 1. The van der Waals surface area contributed by atoms with Crippen LogP contribution in [0.3, 0.4) is 0 Å². The highest BCUT2D eigenvalue weighted by atomic mass is 16.5. The average Bonchev–Trinajstić information content (AvgIpc) is 3.81. The Morgan fingerprint density at radius 2 is 2.05 bits per heavy atom. The van der Waals surface area contributed by atoms with E-state index in [0.717, 1.165) is 42.6 Å². The van der Waals surface area contributed by atoms with Gasteiger partial charge < -0.3 is 24.9 Å². The molecular weight excluding hydrogens is 532 g/mol. The van der Waals surface area contributed by atoms with Gasteiger partial charge in [-0.25, -0.2) is 19.6 Å². The van der Waals surface area contributed by atoms with E-state index < -0.39 is 0 Å². The van der Waals surface area contributed by atoms with Crippen molar-refractivity contribution in [2.75, 3.05) is 31.2 Å². The summed E-state index contributed by atoms with van der Waals surface area (Å²) in [6.07, 6.45) is 7.98. The molecule has 0 radical (unpaired) electrons. The Hall–Kier alpha value is -5.23. The lowest BCUT2D eigenvalue weighted by Crippen LogP contribution is -2.24. The van der Waals surface area contributed by atoms with Gasteiger partial charge in [0.2, 0.25) is 0 Å². The number of rotatable bonds is 7. The van der Waals surface area contributed by atoms with E-state index in [9.17, 15) is 4.79 Å². The van der Waals surface area contributed by atoms with Gasteiger partial charge in [-0.05, 0) is 30.7 Å². The van der Waals surface area contributed by atoms with Crippen LogP contribution in [0.15, 0.2) is 73.6 Å². The van der Waals surface area contributed by atoms with E-state index in [1.807, 2.05) is 77.4 Å². The van der Waals surface area contributed by atoms with Crippen molar-refractivity contribution in [3.8, 4) is 17.0 Å². The van der Waals surface area contributed by atoms with E-state index in [0.29, 0.717) is 39.7 Å². The second-order valence-electron chi connectivity index (χ2n) is 10.5. The normalized spacial score (nSPS) is 15.5. The van der Waals surface area contributed by atoms with Gasteiger partial charge in [-0.2, -0.15) is 5.10 Å². The number of imidazole rings is 1. The van der Waals surface area contributed by atoms with Crippen molar-refractivity contribution in [2.24, 2.45) is 7.05 Å². The number of likely N-dealkylation sites (tertiary alicyclic amines) is 1. The predicted molar refractivity (Wildman–Crippen MR) is 160 cm³/mol. The number of carbonyl (C=O) groups excluding carboxylic acids is 1. The molecule has 1 fully saturated rings. The Kier molecular flexibility index (Phi) is 6.31. The maximum Gasteiger partial charge on any atom is 0.272 e. The number of nitrogens with two attached hydrogens (primary N) is 1. The van der Waals surface area contributed by atoms with Crippen LogP contribution in [0.1, 0.15) is 23.0 Å². The fourth-order valence-electron chi connectivity index (χ4n) is 5.83. The van der Waals surface area contributed by atoms with E-state index in [-0.39, 0.29) is 11.9 Å². The Balaban J connectivity index is 1.20. The highest BCUT2D eigenvalue weighted by molar-refractivity contribution is 6.07. The number of nitrogen functional groups attached to an aromatic ring is 1. The molecule has 1 aliphatic rings. The zero-order valence-electron chi connectivity index (χ0n) is 23.3. The molecule has 0 bridgehead atoms. The Labute approximate surface area is 241 Å². The van der Waals surface area contributed by atoms with Crippen LogP contribution in [0.25, 0.3) is 33.2 Å². The number of aromatic nitrogens is 7. The first kappa shape index (κ1) is 25.7. The molecule has 0 spiro atoms. The number of amides is 1. The van der Waals surface area contributed by atoms with Crippen LogP contribution in [0, 0.1) is 0 Å². The molecule has 1 saturated heterocycles. The molecule has 5 heterocycles. The van der Waals surface area contributed by atoms with Crippen LogP contribution in [0.2, 0.25) is 0 Å². The number of aryl methyl sites for hydroxylation is 1. The van der Waals surface area contributed by atoms with Crippen molar-refractivity contribution < 1.29 is 9.53 Å². The molecule has 3 N–H and O–H groups in total. The third kappa shape index (κ3) is 4.41. The third-order valence-corrected chi connectivity index (χ3v) is 7.94. The number of para-hydroxylation sites is 1. The van der Waals surface area contributed by atoms with E-state index in [1.54, 1.807) is 13.3 Å². The fourth-order valence-corrected chi connectivity index (χ4v) is 5.83. The van der Waals surface area contributed by atoms with Crippen LogP contribution < -0.4 is 15.8 Å². The topological polar surface area (TPSA) is 134 Å². The summed E-state index contributed by atoms with van der Waals surface area (Å²) in [5.74, 6) is 0.639. The molecule has 6 aromatic rings. The van der Waals surface area contributed by atoms with Gasteiger partial charge in [0, 0.05) is 49.0 Å². The predicted octanol–water partition coefficient (Wildman–Crippen LogP) is 3.93. The molecule has 0 aliphatic carbocycles. The van der Waals surface area contributed by atoms with Gasteiger partial charge in [0.15, 0.2) is 5.65 Å². The molecule has 2 aromatic carbocycles. The zero-order valence-corrected chi connectivity index (χ0v) is 23.3. The first-order valence-electron chi connectivity index (χ1n) is 13.7. The maximum atomic E-state index is 13.3. The fraction of sp³-hybridized carbons (Fsp3) is 0.233. The Bertz CT molecular complexity index is 1920. The number of carbonyl (C=O) groups is 1. The minimum absolute atomic E-state index is 0.125. The monoisotopic (exact) mass is 562 g/mol. The molecule has 212 valence electrons. The van der Waals surface area contributed by atoms with Crippen molar-refractivity contribution in [2.45, 2.75) is 19.1 Å². The van der Waals surface area contributed by atoms with Crippen LogP contribution >= 0.6 is 0 Å². The van der Waals surface area contributed by atoms with Crippen LogP contribution in [-0.4, -0.2) is 64.9 Å². The van der Waals surface area contributed by atoms with Gasteiger partial charge in [-0.15, -0.1) is 0 Å². The van der Waals surface area contributed by atoms with E-state index in [1.165, 1.54) is 6.33 Å². The van der Waals surface area contributed by atoms with Crippen molar-refractivity contribution in [3.63, 3.8) is 0 Å². The van der Waals surface area contributed by atoms with E-state index in [4.69, 9.17) is 15.6 Å². The van der Waals surface area contributed by atoms with Gasteiger partial charge in [-0.3, -0.25) is 9.69 Å². The highest BCUT2D eigenvalue weighted by Gasteiger charge is 2.29. The summed E-state index contributed by atoms with van der Waals surface area (Å²) in [4.78, 5) is 28.6. The number of hydrogen-bond acceptors (Lipinski definition) is 8. The lowest BCUT2D eigenvalue weighted by molar-refractivity contribution is 0.101. The zero-order chi connectivity index (χ0) is 28.8. The summed E-state index contributed by atoms with van der Waals surface area (Å²) in [5.41, 5.74) is 10.6. The molecule has 0 saturated carbocycles. The van der Waals surface area contributed by atoms with E-state index >= 15 is 0 Å². The SMILES string of the molecule is COc1cc(-c2nn(C3CCN(Cn4ccnc4)C3)c3ncnc(N)c23)ccc1NC(=O)c1cc2ccccc2n1C. The lowest BCUT2D eigenvalue weighted by atomic mass is 10.1. The van der Waals surface area contributed by atoms with Gasteiger partial charge in [-0.1, -0.05) is 24.3 Å². The summed E-state index contributed by atoms with van der Waals surface area (Å²) < 4.78 is 11.6. The quantitative estimate of drug-likeness (QED) is 0.299. The minimum Gasteiger partial charge on any atom is -0.495 e. The maximum absolute atomic E-state index is 13.3. The number of hydrogen-bond donors (Lipinski definition) is 2. The largest absolute Gasteiger partial charge is 0.495 e. The molecule has 1 amide bonds. The number of ether oxygens (including phenoxy) is 1. The number of anilines is 2. The number of methoxy groups -OCH3 is 1. The van der Waals surface area contributed by atoms with Crippen molar-refractivity contribution in [1.82, 2.24) is 38.8 Å². The highest BCUT2D eigenvalue weighted by Crippen LogP contribution is 2.37. The molecule has 12 nitrogen and oxygen atoms in total. The average molecular weight is 563 g/mol. The first-order valence-corrected chi connectivity index (χ1v) is 13.7. The van der Waals surface area contributed by atoms with Crippen molar-refractivity contribution in [1.29, 1.82) is 0 Å². The second-order valence-corrected chi connectivity index (χ2v) is 10.5. The smallest absolute Gasteiger partial charge is 0.272 e. The molecule has 42 heavy (non-hydrogen) atoms. The molecule has 1 unspecified atom stereocenters. The minimum atomic E-state index is -0.228. The van der Waals surface area contributed by atoms with Gasteiger partial charge in [0.25, 0.3) is 5.91 Å². The summed E-state index contributed by atoms with van der Waals surface area (Å²) >= 11 is 0. The Morgan fingerprint density at radius 3 is 2.86 bits per heavy atom. The lowest BCUT2D eigenvalue weighted by Gasteiger charge is -2.16. The first-order chi connectivity index (χ1) is 20.5. The van der Waals surface area contributed by atoms with Crippen LogP contribution in [0.4, 0.5) is 11.5 Å². The van der Waals surface area contributed by atoms with Crippen LogP contribution in [-0.2, 0) is 13.7 Å². The van der Waals surface area contributed by atoms with Crippen LogP contribution in [0.5, 0.6) is 5.75 Å². The number of fused-ring (bicyclic) bond motifs is 2. The third-order valence-electron chi connectivity index (χ3n) is 7.94. The number of nitrogens with zero attached hydrogens (tertiary/aromatic N) is 8. The summed E-state index contributed by atoms with van der Waals surface area (Å²) in [7, 11) is 3.46. The second kappa shape index (κ2) is 10.3. The molecule has 4 aromatic heterocycles. The van der Waals surface area contributed by atoms with E-state index in [2.05, 4.69) is 29.7 Å². The Morgan fingerprint density at radius 1 is 1.17 bits per heavy atom. The number of benzene rings is 2. The standard InChI is InChI=1S/C30H30N10O2/c1-37-23-6-4-3-5-19(23)13-24(37)30(41)35-22-8-7-20(14-25(22)42-2)27-26-28(31)33-16-34-29(26)40(36-27)21-9-11-38(15-21)18-39-12-10-32-17-39/h3-8,10,12-14,16-17,21H,9,11,15,18H2,1-2H3,(H,35,41)(H2,31,33,34). The van der Waals surface area contributed by atoms with Gasteiger partial charge >= 0.3 is 0 Å². The van der Waals surface area contributed by atoms with Gasteiger partial charge in [0.1, 0.15) is 29.3 Å². The molecular formula is C30H30N10O2. The molecule has 1 atom stereocenters. The van der Waals surface area contributed by atoms with Gasteiger partial charge in [0.05, 0.1) is 37.2 Å². The summed E-state index contributed by atoms with van der Waals surface area (Å²) in [5, 5.41) is 9.73. The molecule has 7 rings (SSSR count). The molecule has 12 heteroatoms. The molecule has 1 aliphatic heterocycles.